The number of carbonyl (C=O) groups excluding carboxylic acids is 1. The number of nitrogens with zero attached hydrogens (tertiary/aromatic N) is 2. The van der Waals surface area contributed by atoms with Crippen LogP contribution in [0.5, 0.6) is 0 Å². The van der Waals surface area contributed by atoms with Gasteiger partial charge in [-0.1, -0.05) is 0 Å². The molecule has 0 N–H and O–H groups in total. The summed E-state index contributed by atoms with van der Waals surface area (Å²) in [6.45, 7) is 1.36. The van der Waals surface area contributed by atoms with E-state index in [0.29, 0.717) is 13.1 Å². The minimum Gasteiger partial charge on any atom is -0.334 e. The molecule has 1 amide bonds. The summed E-state index contributed by atoms with van der Waals surface area (Å²) >= 11 is 2.16. The van der Waals surface area contributed by atoms with E-state index in [9.17, 15) is 18.0 Å². The molecule has 2 aliphatic rings. The minimum atomic E-state index is -4.39. The lowest BCUT2D eigenvalue weighted by Crippen LogP contribution is -2.53. The molecule has 3 nitrogen and oxygen atoms in total. The highest BCUT2D eigenvalue weighted by Crippen LogP contribution is 2.33. The van der Waals surface area contributed by atoms with Gasteiger partial charge in [0.05, 0.1) is 0 Å². The summed E-state index contributed by atoms with van der Waals surface area (Å²) in [5.41, 5.74) is 0. The number of fused-ring (bicyclic) bond motifs is 2. The molecule has 2 heterocycles. The van der Waals surface area contributed by atoms with E-state index >= 15 is 0 Å². The van der Waals surface area contributed by atoms with Gasteiger partial charge in [-0.3, -0.25) is 4.79 Å². The van der Waals surface area contributed by atoms with Crippen LogP contribution in [0.3, 0.4) is 0 Å². The molecule has 0 spiro atoms. The maximum Gasteiger partial charge on any atom is 0.397 e. The van der Waals surface area contributed by atoms with Crippen molar-refractivity contribution in [3.8, 4) is 0 Å². The fourth-order valence-corrected chi connectivity index (χ4v) is 3.43. The second kappa shape index (κ2) is 4.32. The Bertz CT molecular complexity index is 283. The van der Waals surface area contributed by atoms with Crippen LogP contribution in [-0.4, -0.2) is 45.3 Å². The van der Waals surface area contributed by atoms with E-state index in [1.54, 1.807) is 0 Å². The molecule has 0 aliphatic carbocycles. The quantitative estimate of drug-likeness (QED) is 0.534. The summed E-state index contributed by atoms with van der Waals surface area (Å²) in [5, 5.41) is 0. The van der Waals surface area contributed by atoms with Crippen molar-refractivity contribution in [3.63, 3.8) is 0 Å². The van der Waals surface area contributed by atoms with Gasteiger partial charge in [0, 0.05) is 48.0 Å². The lowest BCUT2D eigenvalue weighted by Gasteiger charge is -2.38. The van der Waals surface area contributed by atoms with E-state index in [-0.39, 0.29) is 12.1 Å². The first-order chi connectivity index (χ1) is 7.37. The van der Waals surface area contributed by atoms with Crippen molar-refractivity contribution in [1.82, 2.24) is 8.01 Å². The Hall–Kier alpha value is -0.0500. The average Bonchev–Trinajstić information content (AvgIpc) is 2.36. The fourth-order valence-electron chi connectivity index (χ4n) is 2.52. The van der Waals surface area contributed by atoms with E-state index in [1.165, 1.54) is 4.90 Å². The van der Waals surface area contributed by atoms with E-state index < -0.39 is 18.5 Å². The van der Waals surface area contributed by atoms with Crippen LogP contribution in [0, 0.1) is 0 Å². The number of halogens is 4. The molecule has 2 atom stereocenters. The molecule has 0 aromatic carbocycles. The topological polar surface area (TPSA) is 23.6 Å². The van der Waals surface area contributed by atoms with Crippen molar-refractivity contribution in [2.75, 3.05) is 13.1 Å². The van der Waals surface area contributed by atoms with Gasteiger partial charge < -0.3 is 4.90 Å². The molecule has 0 saturated carbocycles. The molecule has 2 unspecified atom stereocenters. The van der Waals surface area contributed by atoms with E-state index in [0.717, 1.165) is 12.8 Å². The second-order valence-corrected chi connectivity index (χ2v) is 5.67. The van der Waals surface area contributed by atoms with Gasteiger partial charge in [-0.2, -0.15) is 13.2 Å². The predicted molar refractivity (Wildman–Crippen MR) is 59.9 cm³/mol. The average molecular weight is 348 g/mol. The van der Waals surface area contributed by atoms with Crippen LogP contribution in [0.15, 0.2) is 0 Å². The van der Waals surface area contributed by atoms with Crippen molar-refractivity contribution >= 4 is 28.8 Å². The second-order valence-electron chi connectivity index (χ2n) is 4.31. The molecule has 2 rings (SSSR count). The number of hydrogen-bond acceptors (Lipinski definition) is 2. The zero-order valence-corrected chi connectivity index (χ0v) is 10.7. The van der Waals surface area contributed by atoms with Crippen LogP contribution < -0.4 is 0 Å². The Kier molecular flexibility index (Phi) is 3.35. The van der Waals surface area contributed by atoms with Crippen LogP contribution in [-0.2, 0) is 4.79 Å². The van der Waals surface area contributed by atoms with Gasteiger partial charge in [-0.15, -0.1) is 0 Å². The third-order valence-electron chi connectivity index (χ3n) is 3.08. The summed E-state index contributed by atoms with van der Waals surface area (Å²) in [5.74, 6) is -0.760. The van der Waals surface area contributed by atoms with E-state index in [4.69, 9.17) is 0 Å². The largest absolute Gasteiger partial charge is 0.397 e. The molecule has 16 heavy (non-hydrogen) atoms. The lowest BCUT2D eigenvalue weighted by molar-refractivity contribution is -0.164. The molecular formula is C9H12F3IN2O. The Morgan fingerprint density at radius 3 is 2.19 bits per heavy atom. The molecule has 7 heteroatoms. The third-order valence-corrected chi connectivity index (χ3v) is 3.87. The monoisotopic (exact) mass is 348 g/mol. The number of rotatable bonds is 1. The maximum absolute atomic E-state index is 12.2. The zero-order valence-electron chi connectivity index (χ0n) is 8.50. The van der Waals surface area contributed by atoms with Crippen molar-refractivity contribution in [3.05, 3.63) is 0 Å². The first-order valence-electron chi connectivity index (χ1n) is 5.15. The third kappa shape index (κ3) is 2.61. The molecule has 0 aromatic rings. The van der Waals surface area contributed by atoms with Crippen LogP contribution in [0.25, 0.3) is 0 Å². The summed E-state index contributed by atoms with van der Waals surface area (Å²) in [6.07, 6.45) is -4.05. The lowest BCUT2D eigenvalue weighted by atomic mass is 10.2. The van der Waals surface area contributed by atoms with E-state index in [2.05, 4.69) is 26.0 Å². The Morgan fingerprint density at radius 1 is 1.25 bits per heavy atom. The van der Waals surface area contributed by atoms with Crippen molar-refractivity contribution in [2.24, 2.45) is 0 Å². The van der Waals surface area contributed by atoms with Gasteiger partial charge in [0.15, 0.2) is 0 Å². The van der Waals surface area contributed by atoms with Gasteiger partial charge in [0.2, 0.25) is 5.91 Å². The number of amides is 1. The smallest absolute Gasteiger partial charge is 0.334 e. The first kappa shape index (κ1) is 12.4. The highest BCUT2D eigenvalue weighted by molar-refractivity contribution is 14.1. The number of carbonyl (C=O) groups is 1. The van der Waals surface area contributed by atoms with Crippen LogP contribution in [0.4, 0.5) is 13.2 Å². The normalized spacial score (nSPS) is 30.9. The summed E-state index contributed by atoms with van der Waals surface area (Å²) in [4.78, 5) is 13.0. The summed E-state index contributed by atoms with van der Waals surface area (Å²) in [7, 11) is 0. The highest BCUT2D eigenvalue weighted by atomic mass is 127. The van der Waals surface area contributed by atoms with Crippen molar-refractivity contribution in [2.45, 2.75) is 37.5 Å². The van der Waals surface area contributed by atoms with Gasteiger partial charge >= 0.3 is 6.18 Å². The van der Waals surface area contributed by atoms with Gasteiger partial charge in [0.25, 0.3) is 0 Å². The van der Waals surface area contributed by atoms with Crippen LogP contribution in [0.2, 0.25) is 0 Å². The number of piperazine rings is 1. The molecule has 0 radical (unpaired) electrons. The van der Waals surface area contributed by atoms with Crippen molar-refractivity contribution < 1.29 is 18.0 Å². The molecular weight excluding hydrogens is 336 g/mol. The summed E-state index contributed by atoms with van der Waals surface area (Å²) in [6, 6.07) is -0.0454. The van der Waals surface area contributed by atoms with Crippen LogP contribution in [0.1, 0.15) is 19.3 Å². The Morgan fingerprint density at radius 2 is 1.75 bits per heavy atom. The highest BCUT2D eigenvalue weighted by Gasteiger charge is 2.44. The standard InChI is InChI=1S/C9H12F3IN2O/c10-9(11,12)3-8(16)15-6-1-2-7(15)5-14(13)4-6/h6-7H,1-5H2. The van der Waals surface area contributed by atoms with Gasteiger partial charge in [-0.05, 0) is 12.8 Å². The molecule has 2 bridgehead atoms. The Labute approximate surface area is 105 Å². The molecule has 2 fully saturated rings. The SMILES string of the molecule is O=C(CC(F)(F)F)N1C2CCC1CN(I)C2. The molecule has 0 aromatic heterocycles. The number of alkyl halides is 3. The molecule has 2 saturated heterocycles. The van der Waals surface area contributed by atoms with Crippen molar-refractivity contribution in [1.29, 1.82) is 0 Å². The zero-order chi connectivity index (χ0) is 11.9. The van der Waals surface area contributed by atoms with Gasteiger partial charge in [0.1, 0.15) is 6.42 Å². The number of hydrogen-bond donors (Lipinski definition) is 0. The van der Waals surface area contributed by atoms with E-state index in [1.807, 2.05) is 0 Å². The molecule has 2 aliphatic heterocycles. The summed E-state index contributed by atoms with van der Waals surface area (Å²) < 4.78 is 38.5. The Balaban J connectivity index is 2.03. The van der Waals surface area contributed by atoms with Gasteiger partial charge in [-0.25, -0.2) is 3.11 Å². The maximum atomic E-state index is 12.2. The molecule has 92 valence electrons. The fraction of sp³-hybridized carbons (Fsp3) is 0.889. The minimum absolute atomic E-state index is 0.0227. The first-order valence-corrected chi connectivity index (χ1v) is 6.12. The predicted octanol–water partition coefficient (Wildman–Crippen LogP) is 1.96. The van der Waals surface area contributed by atoms with Crippen LogP contribution >= 0.6 is 22.9 Å².